The Bertz CT molecular complexity index is 1200. The second kappa shape index (κ2) is 8.41. The van der Waals surface area contributed by atoms with Crippen molar-refractivity contribution in [2.75, 3.05) is 0 Å². The summed E-state index contributed by atoms with van der Waals surface area (Å²) in [5.41, 5.74) is -0.714. The Morgan fingerprint density at radius 3 is 2.32 bits per heavy atom. The molecule has 3 rings (SSSR count). The van der Waals surface area contributed by atoms with Gasteiger partial charge in [-0.25, -0.2) is 17.6 Å². The fraction of sp³-hybridized carbons (Fsp3) is 0.273. The molecule has 2 aromatic carbocycles. The Morgan fingerprint density at radius 2 is 1.74 bits per heavy atom. The van der Waals surface area contributed by atoms with Crippen LogP contribution in [0.25, 0.3) is 10.9 Å². The molecule has 1 heterocycles. The minimum Gasteiger partial charge on any atom is -0.503 e. The summed E-state index contributed by atoms with van der Waals surface area (Å²) >= 11 is 0. The summed E-state index contributed by atoms with van der Waals surface area (Å²) in [5, 5.41) is 19.1. The number of carbonyl (C=O) groups is 2. The molecule has 1 aromatic heterocycles. The van der Waals surface area contributed by atoms with Crippen LogP contribution in [-0.2, 0) is 4.79 Å². The van der Waals surface area contributed by atoms with Gasteiger partial charge in [0.2, 0.25) is 0 Å². The molecule has 0 spiro atoms. The summed E-state index contributed by atoms with van der Waals surface area (Å²) in [4.78, 5) is 25.0. The van der Waals surface area contributed by atoms with E-state index in [2.05, 4.69) is 0 Å². The molecule has 1 atom stereocenters. The molecule has 0 unspecified atom stereocenters. The average molecular weight is 437 g/mol. The molecular formula is C22H19F4NO4. The Morgan fingerprint density at radius 1 is 1.06 bits per heavy atom. The third kappa shape index (κ3) is 3.75. The molecule has 0 fully saturated rings. The first-order chi connectivity index (χ1) is 14.6. The lowest BCUT2D eigenvalue weighted by Crippen LogP contribution is -2.16. The zero-order chi connectivity index (χ0) is 23.0. The first-order valence-electron chi connectivity index (χ1n) is 9.54. The van der Waals surface area contributed by atoms with E-state index in [1.54, 1.807) is 0 Å². The normalized spacial score (nSPS) is 12.3. The Labute approximate surface area is 174 Å². The van der Waals surface area contributed by atoms with Gasteiger partial charge in [-0.1, -0.05) is 19.8 Å². The highest BCUT2D eigenvalue weighted by Crippen LogP contribution is 2.40. The molecule has 5 nitrogen and oxygen atoms in total. The molecule has 0 saturated carbocycles. The Hall–Kier alpha value is -3.36. The molecule has 0 bridgehead atoms. The lowest BCUT2D eigenvalue weighted by molar-refractivity contribution is -0.139. The van der Waals surface area contributed by atoms with Gasteiger partial charge in [0.05, 0.1) is 11.4 Å². The number of carbonyl (C=O) groups excluding carboxylic acids is 1. The number of unbranched alkanes of at least 4 members (excludes halogenated alkanes) is 1. The fourth-order valence-electron chi connectivity index (χ4n) is 3.76. The average Bonchev–Trinajstić information content (AvgIpc) is 2.99. The molecular weight excluding hydrogens is 418 g/mol. The molecule has 2 N–H and O–H groups in total. The van der Waals surface area contributed by atoms with Gasteiger partial charge in [0.25, 0.3) is 5.91 Å². The van der Waals surface area contributed by atoms with Crippen molar-refractivity contribution in [1.82, 2.24) is 4.57 Å². The first kappa shape index (κ1) is 22.3. The van der Waals surface area contributed by atoms with Crippen LogP contribution in [0.2, 0.25) is 0 Å². The van der Waals surface area contributed by atoms with Gasteiger partial charge in [-0.3, -0.25) is 14.2 Å². The molecule has 0 amide bonds. The second-order valence-electron chi connectivity index (χ2n) is 7.22. The van der Waals surface area contributed by atoms with Gasteiger partial charge in [-0.15, -0.1) is 0 Å². The number of hydrogen-bond donors (Lipinski definition) is 2. The smallest absolute Gasteiger partial charge is 0.311 e. The first-order valence-corrected chi connectivity index (χ1v) is 9.54. The number of aliphatic carboxylic acids is 1. The zero-order valence-electron chi connectivity index (χ0n) is 16.7. The minimum absolute atomic E-state index is 0.00265. The highest BCUT2D eigenvalue weighted by atomic mass is 19.2. The minimum atomic E-state index is -1.40. The summed E-state index contributed by atoms with van der Waals surface area (Å²) < 4.78 is 56.9. The van der Waals surface area contributed by atoms with Crippen molar-refractivity contribution in [3.8, 4) is 5.75 Å². The molecule has 0 aliphatic carbocycles. The van der Waals surface area contributed by atoms with E-state index in [1.807, 2.05) is 6.92 Å². The van der Waals surface area contributed by atoms with Crippen molar-refractivity contribution in [2.45, 2.75) is 39.0 Å². The number of fused-ring (bicyclic) bond motifs is 1. The van der Waals surface area contributed by atoms with Crippen LogP contribution in [0, 0.1) is 30.2 Å². The van der Waals surface area contributed by atoms with Gasteiger partial charge in [0, 0.05) is 22.7 Å². The van der Waals surface area contributed by atoms with E-state index in [0.717, 1.165) is 16.7 Å². The monoisotopic (exact) mass is 437 g/mol. The topological polar surface area (TPSA) is 79.5 Å². The highest BCUT2D eigenvalue weighted by molar-refractivity contribution is 6.05. The van der Waals surface area contributed by atoms with Crippen LogP contribution >= 0.6 is 0 Å². The molecule has 164 valence electrons. The van der Waals surface area contributed by atoms with E-state index >= 15 is 0 Å². The summed E-state index contributed by atoms with van der Waals surface area (Å²) in [6, 6.07) is 3.09. The van der Waals surface area contributed by atoms with Gasteiger partial charge in [-0.05, 0) is 37.1 Å². The maximum Gasteiger partial charge on any atom is 0.311 e. The van der Waals surface area contributed by atoms with Crippen molar-refractivity contribution in [1.29, 1.82) is 0 Å². The number of aromatic nitrogens is 1. The maximum absolute atomic E-state index is 14.9. The summed E-state index contributed by atoms with van der Waals surface area (Å²) in [5.74, 6) is -9.97. The number of halogens is 4. The van der Waals surface area contributed by atoms with Gasteiger partial charge < -0.3 is 10.2 Å². The predicted molar refractivity (Wildman–Crippen MR) is 104 cm³/mol. The molecule has 0 radical (unpaired) electrons. The van der Waals surface area contributed by atoms with Crippen molar-refractivity contribution in [2.24, 2.45) is 0 Å². The van der Waals surface area contributed by atoms with E-state index in [4.69, 9.17) is 0 Å². The molecule has 0 saturated heterocycles. The third-order valence-corrected chi connectivity index (χ3v) is 5.27. The van der Waals surface area contributed by atoms with E-state index in [9.17, 15) is 37.4 Å². The largest absolute Gasteiger partial charge is 0.503 e. The number of benzene rings is 2. The number of nitrogens with zero attached hydrogens (tertiary/aromatic N) is 1. The predicted octanol–water partition coefficient (Wildman–Crippen LogP) is 5.26. The molecule has 3 aromatic rings. The van der Waals surface area contributed by atoms with Crippen LogP contribution in [0.1, 0.15) is 53.7 Å². The quantitative estimate of drug-likeness (QED) is 0.516. The number of carboxylic acid groups (broad SMARTS) is 1. The third-order valence-electron chi connectivity index (χ3n) is 5.27. The summed E-state index contributed by atoms with van der Waals surface area (Å²) in [6.45, 7) is 3.19. The fourth-order valence-corrected chi connectivity index (χ4v) is 3.76. The highest BCUT2D eigenvalue weighted by Gasteiger charge is 2.32. The number of phenols is 1. The van der Waals surface area contributed by atoms with Crippen molar-refractivity contribution in [3.63, 3.8) is 0 Å². The summed E-state index contributed by atoms with van der Waals surface area (Å²) in [7, 11) is 0. The van der Waals surface area contributed by atoms with E-state index in [-0.39, 0.29) is 28.8 Å². The number of rotatable bonds is 6. The van der Waals surface area contributed by atoms with Crippen LogP contribution in [0.5, 0.6) is 5.75 Å². The molecule has 9 heteroatoms. The molecule has 31 heavy (non-hydrogen) atoms. The van der Waals surface area contributed by atoms with Crippen molar-refractivity contribution < 1.29 is 37.4 Å². The van der Waals surface area contributed by atoms with Crippen molar-refractivity contribution in [3.05, 3.63) is 64.4 Å². The number of hydrogen-bond acceptors (Lipinski definition) is 3. The molecule has 0 aliphatic rings. The van der Waals surface area contributed by atoms with Gasteiger partial charge in [0.1, 0.15) is 0 Å². The van der Waals surface area contributed by atoms with Gasteiger partial charge in [-0.2, -0.15) is 0 Å². The zero-order valence-corrected chi connectivity index (χ0v) is 16.7. The standard InChI is InChI=1S/C22H19F4NO4/c1-3-4-5-12(22(30)31)17-10(2)27(16-9-15(25)20(28)19(26)18(16)17)21(29)11-6-7-13(23)14(24)8-11/h6-9,12,28H,3-5H2,1-2H3,(H,30,31)/t12-/m0/s1. The van der Waals surface area contributed by atoms with Crippen LogP contribution in [0.3, 0.4) is 0 Å². The summed E-state index contributed by atoms with van der Waals surface area (Å²) in [6.07, 6.45) is 1.25. The van der Waals surface area contributed by atoms with E-state index < -0.39 is 52.2 Å². The van der Waals surface area contributed by atoms with Crippen molar-refractivity contribution >= 4 is 22.8 Å². The Balaban J connectivity index is 2.36. The van der Waals surface area contributed by atoms with Gasteiger partial charge in [0.15, 0.2) is 29.0 Å². The van der Waals surface area contributed by atoms with E-state index in [0.29, 0.717) is 25.0 Å². The van der Waals surface area contributed by atoms with Crippen LogP contribution in [0.15, 0.2) is 24.3 Å². The number of phenolic OH excluding ortho intramolecular Hbond substituents is 1. The number of carboxylic acids is 1. The van der Waals surface area contributed by atoms with Gasteiger partial charge >= 0.3 is 5.97 Å². The lowest BCUT2D eigenvalue weighted by atomic mass is 9.91. The maximum atomic E-state index is 14.9. The van der Waals surface area contributed by atoms with Crippen LogP contribution < -0.4 is 0 Å². The second-order valence-corrected chi connectivity index (χ2v) is 7.22. The van der Waals surface area contributed by atoms with Crippen LogP contribution in [0.4, 0.5) is 17.6 Å². The SMILES string of the molecule is CCCC[C@H](C(=O)O)c1c(C)n(C(=O)c2ccc(F)c(F)c2)c2cc(F)c(O)c(F)c12. The number of aromatic hydroxyl groups is 1. The molecule has 0 aliphatic heterocycles. The Kier molecular flexibility index (Phi) is 6.06. The lowest BCUT2D eigenvalue weighted by Gasteiger charge is -2.14. The van der Waals surface area contributed by atoms with E-state index in [1.165, 1.54) is 6.92 Å². The van der Waals surface area contributed by atoms with Crippen LogP contribution in [-0.4, -0.2) is 26.7 Å².